The highest BCUT2D eigenvalue weighted by molar-refractivity contribution is 5.97. The van der Waals surface area contributed by atoms with Crippen LogP contribution in [0.1, 0.15) is 77.8 Å². The molecule has 1 atom stereocenters. The molecule has 4 heteroatoms. The molecule has 0 saturated heterocycles. The molecule has 1 rings (SSSR count). The molecular weight excluding hydrogens is 326 g/mol. The Labute approximate surface area is 159 Å². The number of hydrogen-bond acceptors (Lipinski definition) is 3. The van der Waals surface area contributed by atoms with Crippen molar-refractivity contribution in [3.05, 3.63) is 23.3 Å². The first kappa shape index (κ1) is 22.5. The number of benzene rings is 1. The zero-order valence-corrected chi connectivity index (χ0v) is 17.7. The number of carbonyl (C=O) groups excluding carboxylic acids is 1. The van der Waals surface area contributed by atoms with Gasteiger partial charge < -0.3 is 14.8 Å². The number of ether oxygens (including phenoxy) is 2. The highest BCUT2D eigenvalue weighted by Crippen LogP contribution is 2.29. The second-order valence-electron chi connectivity index (χ2n) is 7.60. The fourth-order valence-electron chi connectivity index (χ4n) is 3.00. The Morgan fingerprint density at radius 1 is 1.12 bits per heavy atom. The van der Waals surface area contributed by atoms with E-state index in [-0.39, 0.29) is 12.0 Å². The van der Waals surface area contributed by atoms with Crippen molar-refractivity contribution in [1.29, 1.82) is 0 Å². The van der Waals surface area contributed by atoms with Crippen molar-refractivity contribution in [3.63, 3.8) is 0 Å². The summed E-state index contributed by atoms with van der Waals surface area (Å²) in [5.74, 6) is 0.823. The molecule has 0 bridgehead atoms. The summed E-state index contributed by atoms with van der Waals surface area (Å²) in [5, 5.41) is 3.06. The molecule has 1 N–H and O–H groups in total. The summed E-state index contributed by atoms with van der Waals surface area (Å²) >= 11 is 0. The summed E-state index contributed by atoms with van der Waals surface area (Å²) in [6.45, 7) is 14.8. The molecule has 0 heterocycles. The van der Waals surface area contributed by atoms with Crippen LogP contribution in [0.4, 0.5) is 5.69 Å². The molecule has 1 aromatic carbocycles. The number of nitrogens with one attached hydrogen (secondary N) is 1. The first-order valence-corrected chi connectivity index (χ1v) is 9.96. The molecule has 0 spiro atoms. The summed E-state index contributed by atoms with van der Waals surface area (Å²) in [7, 11) is 0. The Morgan fingerprint density at radius 2 is 1.73 bits per heavy atom. The smallest absolute Gasteiger partial charge is 0.256 e. The molecule has 0 fully saturated rings. The van der Waals surface area contributed by atoms with Crippen LogP contribution >= 0.6 is 0 Å². The Balaban J connectivity index is 2.93. The molecule has 26 heavy (non-hydrogen) atoms. The maximum atomic E-state index is 13.0. The number of anilines is 1. The first-order valence-electron chi connectivity index (χ1n) is 9.96. The van der Waals surface area contributed by atoms with Crippen molar-refractivity contribution in [2.45, 2.75) is 92.3 Å². The summed E-state index contributed by atoms with van der Waals surface area (Å²) in [6.07, 6.45) is 4.98. The first-order chi connectivity index (χ1) is 12.2. The molecule has 0 aliphatic rings. The average molecular weight is 364 g/mol. The van der Waals surface area contributed by atoms with Gasteiger partial charge in [0.1, 0.15) is 11.4 Å². The van der Waals surface area contributed by atoms with E-state index in [2.05, 4.69) is 19.2 Å². The van der Waals surface area contributed by atoms with Gasteiger partial charge in [-0.3, -0.25) is 4.79 Å². The molecule has 0 aromatic heterocycles. The predicted molar refractivity (Wildman–Crippen MR) is 109 cm³/mol. The monoisotopic (exact) mass is 363 g/mol. The van der Waals surface area contributed by atoms with Gasteiger partial charge in [0, 0.05) is 12.3 Å². The molecule has 0 unspecified atom stereocenters. The van der Waals surface area contributed by atoms with E-state index in [0.29, 0.717) is 6.61 Å². The van der Waals surface area contributed by atoms with E-state index in [1.165, 1.54) is 0 Å². The van der Waals surface area contributed by atoms with Crippen LogP contribution in [0, 0.1) is 13.8 Å². The van der Waals surface area contributed by atoms with Crippen LogP contribution in [0.25, 0.3) is 0 Å². The van der Waals surface area contributed by atoms with Crippen molar-refractivity contribution in [3.8, 4) is 5.75 Å². The molecule has 0 saturated carbocycles. The van der Waals surface area contributed by atoms with Crippen LogP contribution in [-0.4, -0.2) is 24.2 Å². The molecule has 1 amide bonds. The number of aryl methyl sites for hydroxylation is 2. The van der Waals surface area contributed by atoms with Crippen molar-refractivity contribution in [2.24, 2.45) is 0 Å². The van der Waals surface area contributed by atoms with Crippen LogP contribution in [0.3, 0.4) is 0 Å². The lowest BCUT2D eigenvalue weighted by Crippen LogP contribution is -2.43. The highest BCUT2D eigenvalue weighted by atomic mass is 16.5. The Morgan fingerprint density at radius 3 is 2.23 bits per heavy atom. The fourth-order valence-corrected chi connectivity index (χ4v) is 3.00. The lowest BCUT2D eigenvalue weighted by molar-refractivity contribution is -0.140. The molecular formula is C22H37NO3. The third-order valence-corrected chi connectivity index (χ3v) is 4.43. The second-order valence-corrected chi connectivity index (χ2v) is 7.60. The second kappa shape index (κ2) is 10.6. The average Bonchev–Trinajstić information content (AvgIpc) is 2.56. The number of carbonyl (C=O) groups is 1. The van der Waals surface area contributed by atoms with E-state index in [1.807, 2.05) is 46.8 Å². The number of rotatable bonds is 11. The van der Waals surface area contributed by atoms with Crippen molar-refractivity contribution >= 4 is 11.6 Å². The van der Waals surface area contributed by atoms with Crippen LogP contribution in [0.2, 0.25) is 0 Å². The minimum Gasteiger partial charge on any atom is -0.490 e. The molecule has 4 nitrogen and oxygen atoms in total. The molecule has 1 aromatic rings. The molecule has 0 aliphatic heterocycles. The van der Waals surface area contributed by atoms with Gasteiger partial charge in [-0.15, -0.1) is 0 Å². The molecule has 148 valence electrons. The Kier molecular flexibility index (Phi) is 9.14. The predicted octanol–water partition coefficient (Wildman–Crippen LogP) is 5.79. The Hall–Kier alpha value is -1.55. The minimum absolute atomic E-state index is 0.0709. The maximum Gasteiger partial charge on any atom is 0.256 e. The SMILES string of the molecule is CCCCC[C@](C)(OCCC)C(=O)Nc1cc(C)c(OC(C)C)c(C)c1. The number of hydrogen-bond donors (Lipinski definition) is 1. The summed E-state index contributed by atoms with van der Waals surface area (Å²) in [4.78, 5) is 13.0. The van der Waals surface area contributed by atoms with Gasteiger partial charge in [0.05, 0.1) is 6.10 Å². The Bertz CT molecular complexity index is 560. The largest absolute Gasteiger partial charge is 0.490 e. The highest BCUT2D eigenvalue weighted by Gasteiger charge is 2.33. The quantitative estimate of drug-likeness (QED) is 0.506. The summed E-state index contributed by atoms with van der Waals surface area (Å²) < 4.78 is 11.8. The van der Waals surface area contributed by atoms with Crippen LogP contribution in [0.5, 0.6) is 5.75 Å². The van der Waals surface area contributed by atoms with Gasteiger partial charge in [0.2, 0.25) is 0 Å². The van der Waals surface area contributed by atoms with Gasteiger partial charge in [0.25, 0.3) is 5.91 Å². The van der Waals surface area contributed by atoms with Gasteiger partial charge >= 0.3 is 0 Å². The normalized spacial score (nSPS) is 13.5. The van der Waals surface area contributed by atoms with E-state index >= 15 is 0 Å². The van der Waals surface area contributed by atoms with Crippen molar-refractivity contribution in [2.75, 3.05) is 11.9 Å². The van der Waals surface area contributed by atoms with E-state index in [9.17, 15) is 4.79 Å². The summed E-state index contributed by atoms with van der Waals surface area (Å²) in [6, 6.07) is 3.93. The molecule has 0 radical (unpaired) electrons. The zero-order valence-electron chi connectivity index (χ0n) is 17.7. The minimum atomic E-state index is -0.792. The van der Waals surface area contributed by atoms with E-state index in [0.717, 1.165) is 54.7 Å². The van der Waals surface area contributed by atoms with E-state index in [1.54, 1.807) is 0 Å². The fraction of sp³-hybridized carbons (Fsp3) is 0.682. The number of unbranched alkanes of at least 4 members (excludes halogenated alkanes) is 2. The maximum absolute atomic E-state index is 13.0. The topological polar surface area (TPSA) is 47.6 Å². The zero-order chi connectivity index (χ0) is 19.7. The third kappa shape index (κ3) is 6.64. The van der Waals surface area contributed by atoms with Crippen LogP contribution in [-0.2, 0) is 9.53 Å². The standard InChI is InChI=1S/C22H37NO3/c1-8-10-11-12-22(7,25-13-9-2)21(24)23-19-14-17(5)20(18(6)15-19)26-16(3)4/h14-16H,8-13H2,1-7H3,(H,23,24)/t22-/m0/s1. The lowest BCUT2D eigenvalue weighted by atomic mass is 9.96. The third-order valence-electron chi connectivity index (χ3n) is 4.43. The van der Waals surface area contributed by atoms with Gasteiger partial charge in [-0.2, -0.15) is 0 Å². The van der Waals surface area contributed by atoms with Gasteiger partial charge in [0.15, 0.2) is 0 Å². The van der Waals surface area contributed by atoms with Gasteiger partial charge in [-0.05, 0) is 70.7 Å². The lowest BCUT2D eigenvalue weighted by Gasteiger charge is -2.29. The molecule has 0 aliphatic carbocycles. The van der Waals surface area contributed by atoms with Crippen LogP contribution < -0.4 is 10.1 Å². The number of amides is 1. The van der Waals surface area contributed by atoms with E-state index < -0.39 is 5.60 Å². The van der Waals surface area contributed by atoms with Crippen molar-refractivity contribution in [1.82, 2.24) is 0 Å². The van der Waals surface area contributed by atoms with E-state index in [4.69, 9.17) is 9.47 Å². The van der Waals surface area contributed by atoms with Crippen molar-refractivity contribution < 1.29 is 14.3 Å². The van der Waals surface area contributed by atoms with Gasteiger partial charge in [-0.25, -0.2) is 0 Å². The van der Waals surface area contributed by atoms with Crippen LogP contribution in [0.15, 0.2) is 12.1 Å². The summed E-state index contributed by atoms with van der Waals surface area (Å²) in [5.41, 5.74) is 2.05. The van der Waals surface area contributed by atoms with Gasteiger partial charge in [-0.1, -0.05) is 33.1 Å².